The number of nitrogens with one attached hydrogen (secondary N) is 1. The van der Waals surface area contributed by atoms with Crippen LogP contribution >= 0.6 is 12.4 Å². The Morgan fingerprint density at radius 2 is 2.19 bits per heavy atom. The van der Waals surface area contributed by atoms with Crippen LogP contribution in [0, 0.1) is 21.8 Å². The molecule has 0 bridgehead atoms. The van der Waals surface area contributed by atoms with Gasteiger partial charge in [0, 0.05) is 38.3 Å². The van der Waals surface area contributed by atoms with Gasteiger partial charge in [0.05, 0.1) is 10.8 Å². The second-order valence-corrected chi connectivity index (χ2v) is 5.92. The van der Waals surface area contributed by atoms with E-state index in [1.165, 1.54) is 11.0 Å². The fourth-order valence-corrected chi connectivity index (χ4v) is 2.72. The predicted octanol–water partition coefficient (Wildman–Crippen LogP) is 0.848. The lowest BCUT2D eigenvalue weighted by Crippen LogP contribution is -2.47. The number of hydrogen-bond acceptors (Lipinski definition) is 6. The molecule has 0 saturated carbocycles. The highest BCUT2D eigenvalue weighted by Gasteiger charge is 2.28. The van der Waals surface area contributed by atoms with Gasteiger partial charge in [0.15, 0.2) is 6.61 Å². The second kappa shape index (κ2) is 10.6. The van der Waals surface area contributed by atoms with Crippen LogP contribution in [0.15, 0.2) is 18.2 Å². The van der Waals surface area contributed by atoms with Crippen LogP contribution in [-0.4, -0.2) is 54.4 Å². The maximum Gasteiger partial charge on any atom is 0.305 e. The molecule has 2 amide bonds. The van der Waals surface area contributed by atoms with E-state index in [0.717, 1.165) is 12.1 Å². The molecule has 0 aliphatic carbocycles. The molecule has 0 radical (unpaired) electrons. The average Bonchev–Trinajstić information content (AvgIpc) is 2.64. The van der Waals surface area contributed by atoms with Gasteiger partial charge in [-0.15, -0.1) is 12.4 Å². The van der Waals surface area contributed by atoms with E-state index in [1.807, 2.05) is 0 Å². The largest absolute Gasteiger partial charge is 0.484 e. The van der Waals surface area contributed by atoms with E-state index in [9.17, 15) is 24.1 Å². The van der Waals surface area contributed by atoms with Gasteiger partial charge in [-0.05, 0) is 18.9 Å². The van der Waals surface area contributed by atoms with E-state index in [2.05, 4.69) is 5.32 Å². The molecular formula is C16H22ClFN4O5. The fourth-order valence-electron chi connectivity index (χ4n) is 2.72. The zero-order valence-electron chi connectivity index (χ0n) is 14.6. The van der Waals surface area contributed by atoms with Gasteiger partial charge in [0.2, 0.25) is 11.7 Å². The Morgan fingerprint density at radius 3 is 2.81 bits per heavy atom. The van der Waals surface area contributed by atoms with Crippen LogP contribution in [-0.2, 0) is 9.59 Å². The van der Waals surface area contributed by atoms with Crippen molar-refractivity contribution < 1.29 is 23.6 Å². The number of rotatable bonds is 7. The summed E-state index contributed by atoms with van der Waals surface area (Å²) in [7, 11) is 0. The van der Waals surface area contributed by atoms with Crippen LogP contribution in [0.4, 0.5) is 10.1 Å². The van der Waals surface area contributed by atoms with Gasteiger partial charge >= 0.3 is 5.69 Å². The SMILES string of the molecule is Cl.NCCNC(=O)C1CCCN(C(=O)COc2ccc([N+](=O)[O-])c(F)c2)C1. The van der Waals surface area contributed by atoms with Crippen molar-refractivity contribution in [3.63, 3.8) is 0 Å². The van der Waals surface area contributed by atoms with Crippen LogP contribution in [0.3, 0.4) is 0 Å². The number of ether oxygens (including phenoxy) is 1. The van der Waals surface area contributed by atoms with E-state index in [4.69, 9.17) is 10.5 Å². The van der Waals surface area contributed by atoms with Crippen LogP contribution in [0.25, 0.3) is 0 Å². The summed E-state index contributed by atoms with van der Waals surface area (Å²) in [4.78, 5) is 35.5. The molecule has 1 heterocycles. The molecule has 1 fully saturated rings. The van der Waals surface area contributed by atoms with Gasteiger partial charge in [0.25, 0.3) is 5.91 Å². The Morgan fingerprint density at radius 1 is 1.44 bits per heavy atom. The van der Waals surface area contributed by atoms with Crippen LogP contribution < -0.4 is 15.8 Å². The molecule has 27 heavy (non-hydrogen) atoms. The number of likely N-dealkylation sites (tertiary alicyclic amines) is 1. The van der Waals surface area contributed by atoms with Crippen LogP contribution in [0.5, 0.6) is 5.75 Å². The fraction of sp³-hybridized carbons (Fsp3) is 0.500. The molecule has 1 aromatic rings. The molecule has 0 aromatic heterocycles. The number of amides is 2. The van der Waals surface area contributed by atoms with Crippen molar-refractivity contribution in [1.29, 1.82) is 0 Å². The van der Waals surface area contributed by atoms with E-state index < -0.39 is 16.4 Å². The Balaban J connectivity index is 0.00000364. The number of carbonyl (C=O) groups excluding carboxylic acids is 2. The van der Waals surface area contributed by atoms with Crippen molar-refractivity contribution >= 4 is 29.9 Å². The summed E-state index contributed by atoms with van der Waals surface area (Å²) in [5.74, 6) is -1.77. The monoisotopic (exact) mass is 404 g/mol. The van der Waals surface area contributed by atoms with Gasteiger partial charge in [-0.1, -0.05) is 0 Å². The van der Waals surface area contributed by atoms with Gasteiger partial charge in [0.1, 0.15) is 5.75 Å². The Labute approximate surface area is 161 Å². The van der Waals surface area contributed by atoms with Crippen molar-refractivity contribution in [3.05, 3.63) is 34.1 Å². The summed E-state index contributed by atoms with van der Waals surface area (Å²) in [5.41, 5.74) is 4.69. The minimum Gasteiger partial charge on any atom is -0.484 e. The number of carbonyl (C=O) groups is 2. The molecule has 0 spiro atoms. The molecule has 9 nitrogen and oxygen atoms in total. The Hall–Kier alpha value is -2.46. The van der Waals surface area contributed by atoms with Crippen molar-refractivity contribution in [2.24, 2.45) is 11.7 Å². The number of piperidine rings is 1. The molecule has 150 valence electrons. The summed E-state index contributed by atoms with van der Waals surface area (Å²) in [6.07, 6.45) is 1.38. The summed E-state index contributed by atoms with van der Waals surface area (Å²) in [6.45, 7) is 1.19. The second-order valence-electron chi connectivity index (χ2n) is 5.92. The van der Waals surface area contributed by atoms with Crippen molar-refractivity contribution in [3.8, 4) is 5.75 Å². The van der Waals surface area contributed by atoms with Crippen molar-refractivity contribution in [2.45, 2.75) is 12.8 Å². The first-order chi connectivity index (χ1) is 12.4. The maximum atomic E-state index is 13.6. The third-order valence-electron chi connectivity index (χ3n) is 4.07. The van der Waals surface area contributed by atoms with E-state index in [1.54, 1.807) is 0 Å². The number of halogens is 2. The number of nitrogens with two attached hydrogens (primary N) is 1. The zero-order chi connectivity index (χ0) is 19.1. The summed E-state index contributed by atoms with van der Waals surface area (Å²) in [5, 5.41) is 13.3. The topological polar surface area (TPSA) is 128 Å². The van der Waals surface area contributed by atoms with Gasteiger partial charge in [-0.25, -0.2) is 0 Å². The normalized spacial score (nSPS) is 16.2. The number of benzene rings is 1. The lowest BCUT2D eigenvalue weighted by molar-refractivity contribution is -0.387. The lowest BCUT2D eigenvalue weighted by atomic mass is 9.97. The summed E-state index contributed by atoms with van der Waals surface area (Å²) < 4.78 is 18.8. The van der Waals surface area contributed by atoms with Crippen LogP contribution in [0.2, 0.25) is 0 Å². The van der Waals surface area contributed by atoms with Crippen molar-refractivity contribution in [2.75, 3.05) is 32.8 Å². The van der Waals surface area contributed by atoms with Gasteiger partial charge in [-0.2, -0.15) is 4.39 Å². The molecule has 1 atom stereocenters. The predicted molar refractivity (Wildman–Crippen MR) is 97.2 cm³/mol. The molecule has 11 heteroatoms. The third kappa shape index (κ3) is 6.33. The molecule has 1 aromatic carbocycles. The van der Waals surface area contributed by atoms with Crippen LogP contribution in [0.1, 0.15) is 12.8 Å². The third-order valence-corrected chi connectivity index (χ3v) is 4.07. The van der Waals surface area contributed by atoms with Gasteiger partial charge in [-0.3, -0.25) is 19.7 Å². The Kier molecular flexibility index (Phi) is 8.89. The average molecular weight is 405 g/mol. The first-order valence-corrected chi connectivity index (χ1v) is 8.24. The zero-order valence-corrected chi connectivity index (χ0v) is 15.4. The molecule has 1 unspecified atom stereocenters. The highest BCUT2D eigenvalue weighted by molar-refractivity contribution is 5.85. The number of nitrogens with zero attached hydrogens (tertiary/aromatic N) is 2. The quantitative estimate of drug-likeness (QED) is 0.512. The van der Waals surface area contributed by atoms with Crippen molar-refractivity contribution in [1.82, 2.24) is 10.2 Å². The first kappa shape index (κ1) is 22.6. The molecule has 1 aliphatic heterocycles. The smallest absolute Gasteiger partial charge is 0.305 e. The number of nitro groups is 1. The van der Waals surface area contributed by atoms with E-state index in [-0.39, 0.29) is 49.0 Å². The molecular weight excluding hydrogens is 383 g/mol. The Bertz CT molecular complexity index is 691. The minimum atomic E-state index is -1.03. The summed E-state index contributed by atoms with van der Waals surface area (Å²) >= 11 is 0. The molecule has 1 aliphatic rings. The number of nitro benzene ring substituents is 1. The van der Waals surface area contributed by atoms with Gasteiger partial charge < -0.3 is 20.7 Å². The van der Waals surface area contributed by atoms with E-state index >= 15 is 0 Å². The molecule has 3 N–H and O–H groups in total. The maximum absolute atomic E-state index is 13.6. The highest BCUT2D eigenvalue weighted by Crippen LogP contribution is 2.22. The lowest BCUT2D eigenvalue weighted by Gasteiger charge is -2.32. The molecule has 1 saturated heterocycles. The van der Waals surface area contributed by atoms with E-state index in [0.29, 0.717) is 32.5 Å². The minimum absolute atomic E-state index is 0. The first-order valence-electron chi connectivity index (χ1n) is 8.24. The number of hydrogen-bond donors (Lipinski definition) is 2. The molecule has 2 rings (SSSR count). The highest BCUT2D eigenvalue weighted by atomic mass is 35.5. The standard InChI is InChI=1S/C16H21FN4O5.ClH/c17-13-8-12(3-4-14(13)21(24)25)26-10-15(22)20-7-1-2-11(9-20)16(23)19-6-5-18;/h3-4,8,11H,1-2,5-7,9-10,18H2,(H,19,23);1H. The summed E-state index contributed by atoms with van der Waals surface area (Å²) in [6, 6.07) is 3.08.